The summed E-state index contributed by atoms with van der Waals surface area (Å²) in [7, 11) is 3.07. The van der Waals surface area contributed by atoms with E-state index in [1.807, 2.05) is 11.8 Å². The molecule has 0 aliphatic carbocycles. The predicted molar refractivity (Wildman–Crippen MR) is 96.7 cm³/mol. The van der Waals surface area contributed by atoms with Crippen LogP contribution in [0.15, 0.2) is 42.5 Å². The van der Waals surface area contributed by atoms with Gasteiger partial charge >= 0.3 is 5.97 Å². The molecule has 2 rings (SSSR count). The van der Waals surface area contributed by atoms with Crippen molar-refractivity contribution < 1.29 is 28.2 Å². The average molecular weight is 379 g/mol. The molecule has 5 nitrogen and oxygen atoms in total. The second-order valence-electron chi connectivity index (χ2n) is 6.27. The molecule has 2 aromatic rings. The van der Waals surface area contributed by atoms with Gasteiger partial charge in [0, 0.05) is 12.6 Å². The topological polar surface area (TPSA) is 59.0 Å². The molecule has 0 heterocycles. The van der Waals surface area contributed by atoms with Crippen LogP contribution in [0.3, 0.4) is 0 Å². The predicted octanol–water partition coefficient (Wildman–Crippen LogP) is 3.18. The van der Waals surface area contributed by atoms with Crippen LogP contribution in [0.4, 0.5) is 8.78 Å². The van der Waals surface area contributed by atoms with Gasteiger partial charge in [0.25, 0.3) is 0 Å². The summed E-state index contributed by atoms with van der Waals surface area (Å²) in [4.78, 5) is 13.3. The van der Waals surface area contributed by atoms with Crippen LogP contribution in [0.1, 0.15) is 28.9 Å². The number of methoxy groups -OCH3 is 1. The molecule has 1 N–H and O–H groups in total. The molecule has 0 unspecified atom stereocenters. The second kappa shape index (κ2) is 9.43. The molecular formula is C20H23F2NO4. The van der Waals surface area contributed by atoms with Crippen molar-refractivity contribution in [1.29, 1.82) is 0 Å². The fourth-order valence-electron chi connectivity index (χ4n) is 2.59. The Balaban J connectivity index is 1.90. The Bertz CT molecular complexity index is 784. The van der Waals surface area contributed by atoms with Crippen molar-refractivity contribution in [2.45, 2.75) is 19.1 Å². The van der Waals surface area contributed by atoms with Gasteiger partial charge in [0.2, 0.25) is 0 Å². The molecule has 0 aliphatic rings. The molecule has 7 heteroatoms. The molecule has 0 amide bonds. The van der Waals surface area contributed by atoms with Gasteiger partial charge in [0.1, 0.15) is 18.5 Å². The largest absolute Gasteiger partial charge is 0.491 e. The molecule has 0 saturated carbocycles. The van der Waals surface area contributed by atoms with Crippen molar-refractivity contribution in [2.75, 3.05) is 27.3 Å². The number of hydrogen-bond acceptors (Lipinski definition) is 5. The van der Waals surface area contributed by atoms with Gasteiger partial charge in [-0.1, -0.05) is 12.1 Å². The van der Waals surface area contributed by atoms with E-state index in [2.05, 4.69) is 4.74 Å². The quantitative estimate of drug-likeness (QED) is 0.714. The molecule has 0 saturated heterocycles. The molecule has 0 radical (unpaired) electrons. The summed E-state index contributed by atoms with van der Waals surface area (Å²) in [6.45, 7) is 2.11. The summed E-state index contributed by atoms with van der Waals surface area (Å²) in [5.41, 5.74) is 0.962. The molecule has 146 valence electrons. The van der Waals surface area contributed by atoms with Gasteiger partial charge in [-0.3, -0.25) is 4.90 Å². The highest BCUT2D eigenvalue weighted by Gasteiger charge is 2.17. The van der Waals surface area contributed by atoms with Gasteiger partial charge in [-0.25, -0.2) is 13.6 Å². The zero-order valence-corrected chi connectivity index (χ0v) is 15.5. The summed E-state index contributed by atoms with van der Waals surface area (Å²) in [5.74, 6) is -1.83. The molecule has 0 spiro atoms. The van der Waals surface area contributed by atoms with Crippen LogP contribution in [-0.2, 0) is 4.74 Å². The summed E-state index contributed by atoms with van der Waals surface area (Å²) in [6.07, 6.45) is -0.815. The van der Waals surface area contributed by atoms with Gasteiger partial charge in [-0.2, -0.15) is 0 Å². The fourth-order valence-corrected chi connectivity index (χ4v) is 2.59. The van der Waals surface area contributed by atoms with Gasteiger partial charge < -0.3 is 14.6 Å². The third kappa shape index (κ3) is 5.74. The maximum atomic E-state index is 13.4. The van der Waals surface area contributed by atoms with Gasteiger partial charge in [0.05, 0.1) is 12.7 Å². The molecular weight excluding hydrogens is 356 g/mol. The number of carbonyl (C=O) groups excluding carboxylic acids is 1. The number of hydrogen-bond donors (Lipinski definition) is 1. The van der Waals surface area contributed by atoms with E-state index in [4.69, 9.17) is 4.74 Å². The highest BCUT2D eigenvalue weighted by molar-refractivity contribution is 5.89. The maximum Gasteiger partial charge on any atom is 0.337 e. The Morgan fingerprint density at radius 3 is 2.59 bits per heavy atom. The SMILES string of the molecule is COC(=O)c1cccc(OC[C@H](O)CN(C)[C@@H](C)c2ccc(F)c(F)c2)c1. The van der Waals surface area contributed by atoms with Crippen LogP contribution < -0.4 is 4.74 Å². The van der Waals surface area contributed by atoms with Gasteiger partial charge in [0.15, 0.2) is 11.6 Å². The van der Waals surface area contributed by atoms with E-state index in [1.54, 1.807) is 25.2 Å². The first-order chi connectivity index (χ1) is 12.8. The lowest BCUT2D eigenvalue weighted by Gasteiger charge is -2.27. The van der Waals surface area contributed by atoms with Crippen LogP contribution in [-0.4, -0.2) is 49.4 Å². The van der Waals surface area contributed by atoms with Crippen molar-refractivity contribution in [3.63, 3.8) is 0 Å². The van der Waals surface area contributed by atoms with E-state index < -0.39 is 23.7 Å². The number of esters is 1. The minimum Gasteiger partial charge on any atom is -0.491 e. The Morgan fingerprint density at radius 1 is 1.19 bits per heavy atom. The summed E-state index contributed by atoms with van der Waals surface area (Å²) < 4.78 is 36.6. The first kappa shape index (κ1) is 20.8. The number of nitrogens with zero attached hydrogens (tertiary/aromatic N) is 1. The maximum absolute atomic E-state index is 13.4. The number of halogens is 2. The van der Waals surface area contributed by atoms with Crippen molar-refractivity contribution in [3.8, 4) is 5.75 Å². The lowest BCUT2D eigenvalue weighted by molar-refractivity contribution is 0.0597. The third-order valence-electron chi connectivity index (χ3n) is 4.28. The van der Waals surface area contributed by atoms with E-state index in [1.165, 1.54) is 19.2 Å². The number of aliphatic hydroxyl groups excluding tert-OH is 1. The van der Waals surface area contributed by atoms with Crippen LogP contribution in [0.2, 0.25) is 0 Å². The van der Waals surface area contributed by atoms with Crippen LogP contribution >= 0.6 is 0 Å². The first-order valence-corrected chi connectivity index (χ1v) is 8.46. The number of ether oxygens (including phenoxy) is 2. The molecule has 0 fully saturated rings. The normalized spacial score (nSPS) is 13.3. The van der Waals surface area contributed by atoms with Crippen molar-refractivity contribution >= 4 is 5.97 Å². The lowest BCUT2D eigenvalue weighted by Crippen LogP contribution is -2.34. The minimum atomic E-state index is -0.901. The van der Waals surface area contributed by atoms with Gasteiger partial charge in [-0.05, 0) is 49.9 Å². The van der Waals surface area contributed by atoms with E-state index in [-0.39, 0.29) is 19.2 Å². The molecule has 0 aliphatic heterocycles. The summed E-state index contributed by atoms with van der Waals surface area (Å²) in [6, 6.07) is 10.00. The molecule has 2 atom stereocenters. The summed E-state index contributed by atoms with van der Waals surface area (Å²) >= 11 is 0. The Kier molecular flexibility index (Phi) is 7.27. The highest BCUT2D eigenvalue weighted by atomic mass is 19.2. The van der Waals surface area contributed by atoms with Crippen molar-refractivity contribution in [1.82, 2.24) is 4.90 Å². The number of likely N-dealkylation sites (N-methyl/N-ethyl adjacent to an activating group) is 1. The lowest BCUT2D eigenvalue weighted by atomic mass is 10.1. The third-order valence-corrected chi connectivity index (χ3v) is 4.28. The molecule has 27 heavy (non-hydrogen) atoms. The van der Waals surface area contributed by atoms with Crippen molar-refractivity contribution in [2.24, 2.45) is 0 Å². The smallest absolute Gasteiger partial charge is 0.337 e. The zero-order chi connectivity index (χ0) is 20.0. The minimum absolute atomic E-state index is 0.0134. The number of carbonyl (C=O) groups is 1. The van der Waals surface area contributed by atoms with E-state index >= 15 is 0 Å². The fraction of sp³-hybridized carbons (Fsp3) is 0.350. The highest BCUT2D eigenvalue weighted by Crippen LogP contribution is 2.21. The molecule has 0 aromatic heterocycles. The average Bonchev–Trinajstić information content (AvgIpc) is 2.67. The number of benzene rings is 2. The number of rotatable bonds is 8. The number of aliphatic hydroxyl groups is 1. The van der Waals surface area contributed by atoms with E-state index in [9.17, 15) is 18.7 Å². The van der Waals surface area contributed by atoms with Crippen molar-refractivity contribution in [3.05, 3.63) is 65.2 Å². The molecule has 2 aromatic carbocycles. The first-order valence-electron chi connectivity index (χ1n) is 8.46. The zero-order valence-electron chi connectivity index (χ0n) is 15.5. The Morgan fingerprint density at radius 2 is 1.93 bits per heavy atom. The van der Waals surface area contributed by atoms with Crippen LogP contribution in [0, 0.1) is 11.6 Å². The Labute approximate surface area is 157 Å². The van der Waals surface area contributed by atoms with E-state index in [0.717, 1.165) is 12.1 Å². The van der Waals surface area contributed by atoms with Crippen LogP contribution in [0.5, 0.6) is 5.75 Å². The summed E-state index contributed by atoms with van der Waals surface area (Å²) in [5, 5.41) is 10.2. The monoisotopic (exact) mass is 379 g/mol. The second-order valence-corrected chi connectivity index (χ2v) is 6.27. The van der Waals surface area contributed by atoms with E-state index in [0.29, 0.717) is 16.9 Å². The van der Waals surface area contributed by atoms with Crippen LogP contribution in [0.25, 0.3) is 0 Å². The van der Waals surface area contributed by atoms with Gasteiger partial charge in [-0.15, -0.1) is 0 Å². The molecule has 0 bridgehead atoms. The Hall–Kier alpha value is -2.51. The standard InChI is InChI=1S/C20H23F2NO4/c1-13(14-7-8-18(21)19(22)10-14)23(2)11-16(24)12-27-17-6-4-5-15(9-17)20(25)26-3/h4-10,13,16,24H,11-12H2,1-3H3/t13-,16+/m0/s1.